The first-order valence-electron chi connectivity index (χ1n) is 19.0. The minimum atomic E-state index is 0.433. The number of hydrogen-bond acceptors (Lipinski definition) is 0. The van der Waals surface area contributed by atoms with Crippen molar-refractivity contribution in [1.29, 1.82) is 0 Å². The van der Waals surface area contributed by atoms with Gasteiger partial charge in [0.1, 0.15) is 0 Å². The van der Waals surface area contributed by atoms with Gasteiger partial charge in [-0.3, -0.25) is 0 Å². The molecular formula is C50H54. The zero-order chi connectivity index (χ0) is 34.4. The standard InChI is InChI=1S/C50H54/c1-3-40(42-24-12-5-13-25-42)35-48(44-28-16-7-17-29-44)37-50(46-32-20-9-21-33-46)38-49(45-30-18-8-19-31-45)36-47(43-26-14-6-15-27-43)34-39(2)41-22-10-4-11-23-41/h4-33,39-40,47-50H,3,34-38H2,1-2H3. The lowest BCUT2D eigenvalue weighted by Gasteiger charge is -2.32. The molecule has 6 rings (SSSR count). The van der Waals surface area contributed by atoms with Gasteiger partial charge < -0.3 is 0 Å². The Morgan fingerprint density at radius 1 is 0.280 bits per heavy atom. The number of hydrogen-bond donors (Lipinski definition) is 0. The van der Waals surface area contributed by atoms with Gasteiger partial charge in [0, 0.05) is 0 Å². The molecule has 0 aliphatic heterocycles. The molecular weight excluding hydrogens is 601 g/mol. The summed E-state index contributed by atoms with van der Waals surface area (Å²) < 4.78 is 0. The van der Waals surface area contributed by atoms with E-state index in [1.807, 2.05) is 0 Å². The molecule has 50 heavy (non-hydrogen) atoms. The maximum absolute atomic E-state index is 2.41. The molecule has 0 radical (unpaired) electrons. The van der Waals surface area contributed by atoms with Crippen LogP contribution in [-0.2, 0) is 0 Å². The van der Waals surface area contributed by atoms with Gasteiger partial charge in [-0.1, -0.05) is 196 Å². The Kier molecular flexibility index (Phi) is 12.9. The number of benzene rings is 6. The fourth-order valence-corrected chi connectivity index (χ4v) is 8.36. The minimum Gasteiger partial charge on any atom is -0.0648 e. The SMILES string of the molecule is CCC(CC(CC(CC(CC(CC(C)c1ccccc1)c1ccccc1)c1ccccc1)c1ccccc1)c1ccccc1)c1ccccc1. The topological polar surface area (TPSA) is 0 Å². The summed E-state index contributed by atoms with van der Waals surface area (Å²) in [5.41, 5.74) is 8.76. The van der Waals surface area contributed by atoms with E-state index in [1.54, 1.807) is 0 Å². The molecule has 0 aromatic heterocycles. The fraction of sp³-hybridized carbons (Fsp3) is 0.280. The van der Waals surface area contributed by atoms with Crippen LogP contribution in [0, 0.1) is 0 Å². The van der Waals surface area contributed by atoms with Gasteiger partial charge in [-0.2, -0.15) is 0 Å². The highest BCUT2D eigenvalue weighted by molar-refractivity contribution is 5.30. The average molecular weight is 655 g/mol. The van der Waals surface area contributed by atoms with Gasteiger partial charge in [0.25, 0.3) is 0 Å². The van der Waals surface area contributed by atoms with E-state index >= 15 is 0 Å². The van der Waals surface area contributed by atoms with Crippen molar-refractivity contribution < 1.29 is 0 Å². The van der Waals surface area contributed by atoms with Crippen LogP contribution in [0.4, 0.5) is 0 Å². The molecule has 6 aromatic carbocycles. The second kappa shape index (κ2) is 18.4. The van der Waals surface area contributed by atoms with Gasteiger partial charge in [0.15, 0.2) is 0 Å². The molecule has 254 valence electrons. The van der Waals surface area contributed by atoms with Gasteiger partial charge in [-0.05, 0) is 107 Å². The summed E-state index contributed by atoms with van der Waals surface area (Å²) >= 11 is 0. The molecule has 0 aliphatic rings. The maximum Gasteiger partial charge on any atom is -0.0150 e. The van der Waals surface area contributed by atoms with Crippen molar-refractivity contribution in [2.75, 3.05) is 0 Å². The van der Waals surface area contributed by atoms with Crippen molar-refractivity contribution in [3.63, 3.8) is 0 Å². The van der Waals surface area contributed by atoms with Crippen molar-refractivity contribution >= 4 is 0 Å². The maximum atomic E-state index is 2.41. The molecule has 0 aliphatic carbocycles. The van der Waals surface area contributed by atoms with E-state index in [0.29, 0.717) is 35.5 Å². The van der Waals surface area contributed by atoms with E-state index in [1.165, 1.54) is 33.4 Å². The molecule has 0 nitrogen and oxygen atoms in total. The highest BCUT2D eigenvalue weighted by Crippen LogP contribution is 2.45. The summed E-state index contributed by atoms with van der Waals surface area (Å²) in [4.78, 5) is 0. The Morgan fingerprint density at radius 2 is 0.500 bits per heavy atom. The lowest BCUT2D eigenvalue weighted by atomic mass is 9.72. The van der Waals surface area contributed by atoms with Crippen molar-refractivity contribution in [2.45, 2.75) is 87.9 Å². The van der Waals surface area contributed by atoms with Gasteiger partial charge >= 0.3 is 0 Å². The Balaban J connectivity index is 1.35. The lowest BCUT2D eigenvalue weighted by molar-refractivity contribution is 0.392. The summed E-state index contributed by atoms with van der Waals surface area (Å²) in [6.07, 6.45) is 6.83. The van der Waals surface area contributed by atoms with Crippen LogP contribution in [-0.4, -0.2) is 0 Å². The second-order valence-electron chi connectivity index (χ2n) is 14.4. The first-order valence-corrected chi connectivity index (χ1v) is 19.0. The first-order chi connectivity index (χ1) is 24.7. The molecule has 0 spiro atoms. The third-order valence-corrected chi connectivity index (χ3v) is 11.1. The highest BCUT2D eigenvalue weighted by atomic mass is 14.3. The van der Waals surface area contributed by atoms with E-state index in [9.17, 15) is 0 Å². The van der Waals surface area contributed by atoms with Gasteiger partial charge in [0.05, 0.1) is 0 Å². The largest absolute Gasteiger partial charge is 0.0648 e. The van der Waals surface area contributed by atoms with E-state index in [0.717, 1.165) is 38.5 Å². The van der Waals surface area contributed by atoms with Crippen molar-refractivity contribution in [3.8, 4) is 0 Å². The van der Waals surface area contributed by atoms with Crippen molar-refractivity contribution in [3.05, 3.63) is 215 Å². The van der Waals surface area contributed by atoms with Crippen LogP contribution in [0.3, 0.4) is 0 Å². The Morgan fingerprint density at radius 3 is 0.780 bits per heavy atom. The van der Waals surface area contributed by atoms with Gasteiger partial charge in [0.2, 0.25) is 0 Å². The normalized spacial score (nSPS) is 15.0. The minimum absolute atomic E-state index is 0.433. The molecule has 0 N–H and O–H groups in total. The van der Waals surface area contributed by atoms with Crippen LogP contribution in [0.2, 0.25) is 0 Å². The predicted octanol–water partition coefficient (Wildman–Crippen LogP) is 14.1. The molecule has 0 bridgehead atoms. The first kappa shape index (κ1) is 35.2. The number of rotatable bonds is 17. The van der Waals surface area contributed by atoms with Crippen molar-refractivity contribution in [2.24, 2.45) is 0 Å². The molecule has 6 atom stereocenters. The molecule has 0 saturated carbocycles. The van der Waals surface area contributed by atoms with E-state index in [2.05, 4.69) is 196 Å². The van der Waals surface area contributed by atoms with Crippen molar-refractivity contribution in [1.82, 2.24) is 0 Å². The zero-order valence-electron chi connectivity index (χ0n) is 30.0. The van der Waals surface area contributed by atoms with Crippen LogP contribution in [0.15, 0.2) is 182 Å². The summed E-state index contributed by atoms with van der Waals surface area (Å²) in [6.45, 7) is 4.77. The Hall–Kier alpha value is -4.68. The molecule has 6 unspecified atom stereocenters. The highest BCUT2D eigenvalue weighted by Gasteiger charge is 2.29. The lowest BCUT2D eigenvalue weighted by Crippen LogP contribution is -2.16. The average Bonchev–Trinajstić information content (AvgIpc) is 3.20. The van der Waals surface area contributed by atoms with Crippen LogP contribution < -0.4 is 0 Å². The fourth-order valence-electron chi connectivity index (χ4n) is 8.36. The van der Waals surface area contributed by atoms with Crippen LogP contribution >= 0.6 is 0 Å². The second-order valence-corrected chi connectivity index (χ2v) is 14.4. The Bertz CT molecular complexity index is 1760. The summed E-state index contributed by atoms with van der Waals surface area (Å²) in [7, 11) is 0. The zero-order valence-corrected chi connectivity index (χ0v) is 30.0. The van der Waals surface area contributed by atoms with E-state index < -0.39 is 0 Å². The van der Waals surface area contributed by atoms with E-state index in [-0.39, 0.29) is 0 Å². The third kappa shape index (κ3) is 9.72. The summed E-state index contributed by atoms with van der Waals surface area (Å²) in [5.74, 6) is 2.80. The van der Waals surface area contributed by atoms with Crippen LogP contribution in [0.1, 0.15) is 121 Å². The summed E-state index contributed by atoms with van der Waals surface area (Å²) in [5, 5.41) is 0. The Labute approximate surface area is 302 Å². The molecule has 0 amide bonds. The molecule has 0 saturated heterocycles. The van der Waals surface area contributed by atoms with Crippen LogP contribution in [0.25, 0.3) is 0 Å². The molecule has 0 heteroatoms. The summed E-state index contributed by atoms with van der Waals surface area (Å²) in [6, 6.07) is 67.8. The quantitative estimate of drug-likeness (QED) is 0.0918. The molecule has 6 aromatic rings. The smallest absolute Gasteiger partial charge is 0.0150 e. The van der Waals surface area contributed by atoms with Gasteiger partial charge in [-0.15, -0.1) is 0 Å². The van der Waals surface area contributed by atoms with Crippen LogP contribution in [0.5, 0.6) is 0 Å². The van der Waals surface area contributed by atoms with Gasteiger partial charge in [-0.25, -0.2) is 0 Å². The third-order valence-electron chi connectivity index (χ3n) is 11.1. The van der Waals surface area contributed by atoms with E-state index in [4.69, 9.17) is 0 Å². The monoisotopic (exact) mass is 654 g/mol. The molecule has 0 heterocycles. The predicted molar refractivity (Wildman–Crippen MR) is 214 cm³/mol. The molecule has 0 fully saturated rings.